The zero-order chi connectivity index (χ0) is 16.0. The second kappa shape index (κ2) is 4.81. The number of nitrogen functional groups attached to an aromatic ring is 1. The van der Waals surface area contributed by atoms with Gasteiger partial charge in [0.2, 0.25) is 21.8 Å². The summed E-state index contributed by atoms with van der Waals surface area (Å²) in [5, 5.41) is 2.14. The Morgan fingerprint density at radius 2 is 1.90 bits per heavy atom. The molecule has 1 fully saturated rings. The average molecular weight is 311 g/mol. The van der Waals surface area contributed by atoms with Gasteiger partial charge in [-0.3, -0.25) is 14.9 Å². The lowest BCUT2D eigenvalue weighted by atomic mass is 10.0. The number of nitrogens with one attached hydrogen (secondary N) is 1. The molecule has 0 aromatic heterocycles. The Kier molecular flexibility index (Phi) is 3.54. The predicted molar refractivity (Wildman–Crippen MR) is 76.7 cm³/mol. The topological polar surface area (TPSA) is 110 Å². The number of aryl methyl sites for hydroxylation is 1. The molecule has 2 rings (SSSR count). The van der Waals surface area contributed by atoms with E-state index >= 15 is 0 Å². The second-order valence-corrected chi connectivity index (χ2v) is 7.30. The number of rotatable bonds is 2. The molecule has 0 spiro atoms. The molecular formula is C13H17N3O4S. The molecule has 0 radical (unpaired) electrons. The Hall–Kier alpha value is -1.93. The van der Waals surface area contributed by atoms with E-state index in [0.29, 0.717) is 11.3 Å². The summed E-state index contributed by atoms with van der Waals surface area (Å²) in [6.07, 6.45) is 0. The summed E-state index contributed by atoms with van der Waals surface area (Å²) in [6, 6.07) is 4.39. The van der Waals surface area contributed by atoms with Gasteiger partial charge in [0.1, 0.15) is 5.54 Å². The van der Waals surface area contributed by atoms with Crippen LogP contribution in [0.1, 0.15) is 19.4 Å². The number of anilines is 1. The van der Waals surface area contributed by atoms with Crippen molar-refractivity contribution >= 4 is 27.5 Å². The molecule has 8 heteroatoms. The highest BCUT2D eigenvalue weighted by atomic mass is 32.2. The third kappa shape index (κ3) is 2.52. The smallest absolute Gasteiger partial charge is 0.247 e. The Bertz CT molecular complexity index is 725. The summed E-state index contributed by atoms with van der Waals surface area (Å²) in [5.74, 6) is -1.29. The Morgan fingerprint density at radius 3 is 2.48 bits per heavy atom. The fourth-order valence-corrected chi connectivity index (χ4v) is 4.14. The van der Waals surface area contributed by atoms with Gasteiger partial charge >= 0.3 is 0 Å². The fourth-order valence-electron chi connectivity index (χ4n) is 2.23. The predicted octanol–water partition coefficient (Wildman–Crippen LogP) is 0.00292. The molecule has 0 saturated carbocycles. The van der Waals surface area contributed by atoms with E-state index in [0.717, 1.165) is 4.31 Å². The van der Waals surface area contributed by atoms with Crippen molar-refractivity contribution < 1.29 is 18.0 Å². The van der Waals surface area contributed by atoms with Crippen molar-refractivity contribution in [3.8, 4) is 0 Å². The van der Waals surface area contributed by atoms with Crippen molar-refractivity contribution in [1.82, 2.24) is 9.62 Å². The Morgan fingerprint density at radius 1 is 1.29 bits per heavy atom. The van der Waals surface area contributed by atoms with Crippen molar-refractivity contribution in [3.05, 3.63) is 23.8 Å². The van der Waals surface area contributed by atoms with Crippen LogP contribution in [0.4, 0.5) is 5.69 Å². The fraction of sp³-hybridized carbons (Fsp3) is 0.385. The number of carbonyl (C=O) groups is 2. The third-order valence-electron chi connectivity index (χ3n) is 3.49. The molecule has 1 saturated heterocycles. The number of sulfonamides is 1. The van der Waals surface area contributed by atoms with Crippen LogP contribution in [-0.4, -0.2) is 36.6 Å². The Labute approximate surface area is 123 Å². The van der Waals surface area contributed by atoms with Gasteiger partial charge < -0.3 is 5.73 Å². The summed E-state index contributed by atoms with van der Waals surface area (Å²) >= 11 is 0. The molecule has 1 aliphatic rings. The number of hydrogen-bond donors (Lipinski definition) is 2. The van der Waals surface area contributed by atoms with Gasteiger partial charge in [-0.15, -0.1) is 0 Å². The first kappa shape index (κ1) is 15.5. The lowest BCUT2D eigenvalue weighted by Crippen LogP contribution is -2.65. The number of nitrogens with zero attached hydrogens (tertiary/aromatic N) is 1. The van der Waals surface area contributed by atoms with Crippen molar-refractivity contribution in [1.29, 1.82) is 0 Å². The van der Waals surface area contributed by atoms with Gasteiger partial charge in [0, 0.05) is 5.69 Å². The first-order chi connectivity index (χ1) is 9.56. The van der Waals surface area contributed by atoms with Gasteiger partial charge in [-0.2, -0.15) is 4.31 Å². The van der Waals surface area contributed by atoms with E-state index in [9.17, 15) is 18.0 Å². The van der Waals surface area contributed by atoms with Crippen molar-refractivity contribution in [2.24, 2.45) is 0 Å². The number of carbonyl (C=O) groups excluding carboxylic acids is 2. The van der Waals surface area contributed by atoms with E-state index < -0.39 is 33.9 Å². The van der Waals surface area contributed by atoms with Crippen LogP contribution in [0.3, 0.4) is 0 Å². The maximum absolute atomic E-state index is 12.8. The molecule has 2 amide bonds. The third-order valence-corrected chi connectivity index (χ3v) is 5.67. The van der Waals surface area contributed by atoms with E-state index in [-0.39, 0.29) is 4.90 Å². The van der Waals surface area contributed by atoms with E-state index in [1.807, 2.05) is 0 Å². The van der Waals surface area contributed by atoms with Crippen LogP contribution in [0, 0.1) is 6.92 Å². The molecule has 7 nitrogen and oxygen atoms in total. The molecule has 114 valence electrons. The largest absolute Gasteiger partial charge is 0.399 e. The van der Waals surface area contributed by atoms with Crippen LogP contribution in [0.25, 0.3) is 0 Å². The molecule has 0 unspecified atom stereocenters. The monoisotopic (exact) mass is 311 g/mol. The molecular weight excluding hydrogens is 294 g/mol. The highest BCUT2D eigenvalue weighted by Gasteiger charge is 2.47. The summed E-state index contributed by atoms with van der Waals surface area (Å²) < 4.78 is 26.5. The maximum atomic E-state index is 12.8. The number of benzene rings is 1. The number of nitrogens with two attached hydrogens (primary N) is 1. The molecule has 1 aliphatic heterocycles. The van der Waals surface area contributed by atoms with Gasteiger partial charge in [-0.25, -0.2) is 8.42 Å². The van der Waals surface area contributed by atoms with Gasteiger partial charge in [-0.1, -0.05) is 0 Å². The van der Waals surface area contributed by atoms with Gasteiger partial charge in [0.15, 0.2) is 0 Å². The number of hydrogen-bond acceptors (Lipinski definition) is 5. The molecule has 1 aromatic rings. The molecule has 1 aromatic carbocycles. The van der Waals surface area contributed by atoms with Crippen molar-refractivity contribution in [2.45, 2.75) is 31.2 Å². The quantitative estimate of drug-likeness (QED) is 0.590. The number of imide groups is 1. The summed E-state index contributed by atoms with van der Waals surface area (Å²) in [5.41, 5.74) is 5.18. The standard InChI is InChI=1S/C13H17N3O4S/c1-8-6-9(14)4-5-10(8)21(19,20)16-7-11(17)15-12(18)13(16,2)3/h4-6H,7,14H2,1-3H3,(H,15,17,18). The van der Waals surface area contributed by atoms with Crippen molar-refractivity contribution in [2.75, 3.05) is 12.3 Å². The lowest BCUT2D eigenvalue weighted by Gasteiger charge is -2.39. The molecule has 0 bridgehead atoms. The molecule has 0 aliphatic carbocycles. The first-order valence-electron chi connectivity index (χ1n) is 6.30. The zero-order valence-electron chi connectivity index (χ0n) is 12.0. The Balaban J connectivity index is 2.56. The minimum atomic E-state index is -3.99. The molecule has 3 N–H and O–H groups in total. The molecule has 21 heavy (non-hydrogen) atoms. The van der Waals surface area contributed by atoms with Gasteiger partial charge in [-0.05, 0) is 44.5 Å². The van der Waals surface area contributed by atoms with E-state index in [1.165, 1.54) is 32.0 Å². The summed E-state index contributed by atoms with van der Waals surface area (Å²) in [7, 11) is -3.99. The van der Waals surface area contributed by atoms with E-state index in [4.69, 9.17) is 5.73 Å². The second-order valence-electron chi connectivity index (χ2n) is 5.47. The average Bonchev–Trinajstić information content (AvgIpc) is 2.33. The van der Waals surface area contributed by atoms with Crippen LogP contribution in [0.15, 0.2) is 23.1 Å². The first-order valence-corrected chi connectivity index (χ1v) is 7.74. The van der Waals surface area contributed by atoms with Crippen LogP contribution in [-0.2, 0) is 19.6 Å². The number of piperazine rings is 1. The summed E-state index contributed by atoms with van der Waals surface area (Å²) in [6.45, 7) is 4.13. The highest BCUT2D eigenvalue weighted by Crippen LogP contribution is 2.29. The van der Waals surface area contributed by atoms with Crippen molar-refractivity contribution in [3.63, 3.8) is 0 Å². The highest BCUT2D eigenvalue weighted by molar-refractivity contribution is 7.89. The lowest BCUT2D eigenvalue weighted by molar-refractivity contribution is -0.141. The van der Waals surface area contributed by atoms with Crippen LogP contribution < -0.4 is 11.1 Å². The summed E-state index contributed by atoms with van der Waals surface area (Å²) in [4.78, 5) is 23.5. The van der Waals surface area contributed by atoms with E-state index in [1.54, 1.807) is 6.92 Å². The van der Waals surface area contributed by atoms with Gasteiger partial charge in [0.05, 0.1) is 11.4 Å². The van der Waals surface area contributed by atoms with Crippen LogP contribution >= 0.6 is 0 Å². The maximum Gasteiger partial charge on any atom is 0.247 e. The van der Waals surface area contributed by atoms with Gasteiger partial charge in [0.25, 0.3) is 0 Å². The number of amides is 2. The molecule has 0 atom stereocenters. The van der Waals surface area contributed by atoms with Crippen LogP contribution in [0.2, 0.25) is 0 Å². The van der Waals surface area contributed by atoms with Crippen LogP contribution in [0.5, 0.6) is 0 Å². The zero-order valence-corrected chi connectivity index (χ0v) is 12.8. The minimum Gasteiger partial charge on any atom is -0.399 e. The normalized spacial score (nSPS) is 19.4. The van der Waals surface area contributed by atoms with E-state index in [2.05, 4.69) is 5.32 Å². The minimum absolute atomic E-state index is 0.0345. The SMILES string of the molecule is Cc1cc(N)ccc1S(=O)(=O)N1CC(=O)NC(=O)C1(C)C. The molecule has 1 heterocycles.